The number of amides is 2. The molecule has 7 heterocycles. The van der Waals surface area contributed by atoms with Crippen LogP contribution in [0.3, 0.4) is 0 Å². The third-order valence-corrected chi connectivity index (χ3v) is 13.1. The summed E-state index contributed by atoms with van der Waals surface area (Å²) < 4.78 is 5.85. The summed E-state index contributed by atoms with van der Waals surface area (Å²) in [5.41, 5.74) is 10.2. The summed E-state index contributed by atoms with van der Waals surface area (Å²) in [5, 5.41) is 26.6. The highest BCUT2D eigenvalue weighted by Crippen LogP contribution is 2.36. The van der Waals surface area contributed by atoms with Crippen LogP contribution in [0.1, 0.15) is 87.0 Å². The predicted molar refractivity (Wildman–Crippen MR) is 234 cm³/mol. The number of carbonyl (C=O) groups excluding carboxylic acids is 2. The van der Waals surface area contributed by atoms with Gasteiger partial charge < -0.3 is 29.7 Å². The van der Waals surface area contributed by atoms with Crippen molar-refractivity contribution in [2.24, 2.45) is 5.92 Å². The Morgan fingerprint density at radius 2 is 1.67 bits per heavy atom. The fourth-order valence-corrected chi connectivity index (χ4v) is 9.49. The lowest BCUT2D eigenvalue weighted by molar-refractivity contribution is -0.141. The molecule has 0 aliphatic carbocycles. The van der Waals surface area contributed by atoms with Gasteiger partial charge in [-0.05, 0) is 80.8 Å². The first-order chi connectivity index (χ1) is 29.6. The fraction of sp³-hybridized carbons (Fsp3) is 0.348. The summed E-state index contributed by atoms with van der Waals surface area (Å²) in [5.74, 6) is 0.582. The van der Waals surface area contributed by atoms with Crippen molar-refractivity contribution in [3.63, 3.8) is 0 Å². The summed E-state index contributed by atoms with van der Waals surface area (Å²) in [7, 11) is 0. The molecule has 9 rings (SSSR count). The molecule has 0 bridgehead atoms. The van der Waals surface area contributed by atoms with Crippen LogP contribution in [0.2, 0.25) is 0 Å². The molecule has 0 spiro atoms. The Bertz CT molecular complexity index is 2660. The van der Waals surface area contributed by atoms with Crippen molar-refractivity contribution in [2.75, 3.05) is 24.5 Å². The van der Waals surface area contributed by atoms with Gasteiger partial charge in [0.2, 0.25) is 17.8 Å². The number of anilines is 1. The van der Waals surface area contributed by atoms with E-state index in [0.29, 0.717) is 53.1 Å². The van der Waals surface area contributed by atoms with E-state index in [9.17, 15) is 14.7 Å². The second-order valence-corrected chi connectivity index (χ2v) is 17.3. The number of carbonyl (C=O) groups is 2. The number of aromatic hydroxyl groups is 1. The van der Waals surface area contributed by atoms with Gasteiger partial charge >= 0.3 is 0 Å². The zero-order valence-electron chi connectivity index (χ0n) is 34.6. The number of likely N-dealkylation sites (tertiary alicyclic amines) is 1. The lowest BCUT2D eigenvalue weighted by Crippen LogP contribution is -2.48. The number of fused-ring (bicyclic) bond motifs is 1. The summed E-state index contributed by atoms with van der Waals surface area (Å²) in [6.07, 6.45) is 6.66. The van der Waals surface area contributed by atoms with Gasteiger partial charge in [-0.2, -0.15) is 0 Å². The molecule has 2 amide bonds. The van der Waals surface area contributed by atoms with Crippen molar-refractivity contribution in [1.82, 2.24) is 45.5 Å². The molecule has 7 aromatic rings. The summed E-state index contributed by atoms with van der Waals surface area (Å²) in [4.78, 5) is 50.3. The van der Waals surface area contributed by atoms with Crippen molar-refractivity contribution in [3.8, 4) is 38.7 Å². The second kappa shape index (κ2) is 16.9. The number of nitrogens with one attached hydrogen (secondary N) is 2. The van der Waals surface area contributed by atoms with Gasteiger partial charge in [-0.3, -0.25) is 9.59 Å². The molecule has 0 saturated carbocycles. The Kier molecular flexibility index (Phi) is 11.1. The SMILES string of the molecule is Cc1ncsc1-c1ccc([C@H](C)NC(=O)[C@@H]2CCCN2C(=O)[C@@H](c2cc(-c3cnc(N4CCC(c5cc6nnc(-c7ccccc7O)cc6[nH]5)CC4)nc3)no2)C(C)C)cc1. The lowest BCUT2D eigenvalue weighted by atomic mass is 9.91. The smallest absolute Gasteiger partial charge is 0.243 e. The maximum atomic E-state index is 14.2. The minimum atomic E-state index is -0.611. The van der Waals surface area contributed by atoms with Gasteiger partial charge in [0.1, 0.15) is 34.7 Å². The molecule has 61 heavy (non-hydrogen) atoms. The molecule has 2 aliphatic rings. The summed E-state index contributed by atoms with van der Waals surface area (Å²) in [6.45, 7) is 10.0. The average Bonchev–Trinajstić information content (AvgIpc) is 4.11. The molecule has 0 unspecified atom stereocenters. The molecule has 2 saturated heterocycles. The Balaban J connectivity index is 0.815. The second-order valence-electron chi connectivity index (χ2n) is 16.4. The standard InChI is InChI=1S/C46H48N10O4S/c1-26(2)42(45(59)56-17-7-9-39(56)44(58)50-27(3)29-11-13-31(14-12-29)43-28(4)49-25-61-43)41-22-35(54-60-41)32-23-47-46(48-24-32)55-18-15-30(16-19-55)34-20-38-37(51-34)21-36(52-53-38)33-8-5-6-10-40(33)57/h5-6,8,10-14,20-27,30,39,42,51,57H,7,9,15-19H2,1-4H3,(H,50,58)/t27-,39-,42+/m0/s1. The predicted octanol–water partition coefficient (Wildman–Crippen LogP) is 8.20. The van der Waals surface area contributed by atoms with Gasteiger partial charge in [0, 0.05) is 60.8 Å². The van der Waals surface area contributed by atoms with E-state index in [2.05, 4.69) is 53.7 Å². The van der Waals surface area contributed by atoms with E-state index < -0.39 is 12.0 Å². The number of hydrogen-bond donors (Lipinski definition) is 3. The van der Waals surface area contributed by atoms with Crippen molar-refractivity contribution in [3.05, 3.63) is 107 Å². The van der Waals surface area contributed by atoms with Gasteiger partial charge in [0.05, 0.1) is 33.3 Å². The number of benzene rings is 2. The molecule has 15 heteroatoms. The topological polar surface area (TPSA) is 179 Å². The van der Waals surface area contributed by atoms with E-state index in [1.165, 1.54) is 0 Å². The molecular weight excluding hydrogens is 789 g/mol. The van der Waals surface area contributed by atoms with E-state index in [1.54, 1.807) is 46.8 Å². The quantitative estimate of drug-likeness (QED) is 0.114. The largest absolute Gasteiger partial charge is 0.507 e. The number of piperidine rings is 1. The molecule has 14 nitrogen and oxygen atoms in total. The summed E-state index contributed by atoms with van der Waals surface area (Å²) in [6, 6.07) is 20.3. The minimum Gasteiger partial charge on any atom is -0.507 e. The monoisotopic (exact) mass is 836 g/mol. The number of para-hydroxylation sites is 1. The van der Waals surface area contributed by atoms with Crippen LogP contribution in [0.15, 0.2) is 89.2 Å². The van der Waals surface area contributed by atoms with Crippen molar-refractivity contribution in [2.45, 2.75) is 77.3 Å². The molecule has 3 atom stereocenters. The van der Waals surface area contributed by atoms with E-state index in [-0.39, 0.29) is 29.5 Å². The van der Waals surface area contributed by atoms with Crippen LogP contribution >= 0.6 is 11.3 Å². The Morgan fingerprint density at radius 1 is 0.902 bits per heavy atom. The third-order valence-electron chi connectivity index (χ3n) is 12.1. The average molecular weight is 837 g/mol. The van der Waals surface area contributed by atoms with Crippen LogP contribution < -0.4 is 10.2 Å². The maximum absolute atomic E-state index is 14.2. The number of aryl methyl sites for hydroxylation is 1. The van der Waals surface area contributed by atoms with Gasteiger partial charge in [0.25, 0.3) is 0 Å². The van der Waals surface area contributed by atoms with Crippen LogP contribution in [0.4, 0.5) is 5.95 Å². The zero-order valence-corrected chi connectivity index (χ0v) is 35.4. The highest BCUT2D eigenvalue weighted by molar-refractivity contribution is 7.13. The van der Waals surface area contributed by atoms with Crippen molar-refractivity contribution in [1.29, 1.82) is 0 Å². The number of aromatic nitrogens is 7. The highest BCUT2D eigenvalue weighted by atomic mass is 32.1. The van der Waals surface area contributed by atoms with Gasteiger partial charge in [-0.25, -0.2) is 15.0 Å². The first kappa shape index (κ1) is 40.0. The van der Waals surface area contributed by atoms with Crippen LogP contribution in [0.5, 0.6) is 5.75 Å². The number of H-pyrrole nitrogens is 1. The molecule has 3 N–H and O–H groups in total. The van der Waals surface area contributed by atoms with E-state index in [4.69, 9.17) is 14.5 Å². The van der Waals surface area contributed by atoms with Crippen molar-refractivity contribution >= 4 is 40.1 Å². The summed E-state index contributed by atoms with van der Waals surface area (Å²) >= 11 is 1.61. The van der Waals surface area contributed by atoms with Gasteiger partial charge in [-0.15, -0.1) is 21.5 Å². The Morgan fingerprint density at radius 3 is 2.39 bits per heavy atom. The minimum absolute atomic E-state index is 0.0997. The number of hydrogen-bond acceptors (Lipinski definition) is 12. The fourth-order valence-electron chi connectivity index (χ4n) is 8.68. The van der Waals surface area contributed by atoms with Crippen molar-refractivity contribution < 1.29 is 19.2 Å². The van der Waals surface area contributed by atoms with Crippen LogP contribution in [-0.2, 0) is 9.59 Å². The van der Waals surface area contributed by atoms with Crippen LogP contribution in [-0.4, -0.2) is 82.8 Å². The molecule has 5 aromatic heterocycles. The number of thiazole rings is 1. The Hall–Kier alpha value is -6.48. The van der Waals surface area contributed by atoms with Crippen LogP contribution in [0.25, 0.3) is 44.0 Å². The number of phenolic OH excluding ortho intramolecular Hbond substituents is 1. The first-order valence-electron chi connectivity index (χ1n) is 20.9. The van der Waals surface area contributed by atoms with E-state index in [0.717, 1.165) is 70.8 Å². The highest BCUT2D eigenvalue weighted by Gasteiger charge is 2.40. The molecule has 2 fully saturated rings. The van der Waals surface area contributed by atoms with E-state index in [1.807, 2.05) is 63.5 Å². The third kappa shape index (κ3) is 8.09. The molecule has 312 valence electrons. The molecule has 0 radical (unpaired) electrons. The maximum Gasteiger partial charge on any atom is 0.243 e. The number of rotatable bonds is 11. The Labute approximate surface area is 357 Å². The van der Waals surface area contributed by atoms with Crippen LogP contribution in [0, 0.1) is 12.8 Å². The van der Waals surface area contributed by atoms with E-state index >= 15 is 0 Å². The number of phenols is 1. The molecule has 2 aromatic carbocycles. The zero-order chi connectivity index (χ0) is 42.2. The van der Waals surface area contributed by atoms with Gasteiger partial charge in [0.15, 0.2) is 0 Å². The van der Waals surface area contributed by atoms with Gasteiger partial charge in [-0.1, -0.05) is 55.4 Å². The lowest BCUT2D eigenvalue weighted by Gasteiger charge is -2.31. The normalized spacial score (nSPS) is 17.0. The number of aromatic amines is 1. The molecular formula is C46H48N10O4S. The first-order valence-corrected chi connectivity index (χ1v) is 21.8. The molecule has 2 aliphatic heterocycles. The number of nitrogens with zero attached hydrogens (tertiary/aromatic N) is 8.